The lowest BCUT2D eigenvalue weighted by Crippen LogP contribution is -2.46. The van der Waals surface area contributed by atoms with Crippen LogP contribution in [0.5, 0.6) is 5.75 Å². The predicted octanol–water partition coefficient (Wildman–Crippen LogP) is 3.10. The van der Waals surface area contributed by atoms with E-state index >= 15 is 0 Å². The maximum atomic E-state index is 9.69. The van der Waals surface area contributed by atoms with E-state index in [9.17, 15) is 5.26 Å². The van der Waals surface area contributed by atoms with Gasteiger partial charge in [-0.05, 0) is 30.3 Å². The number of aromatic nitrogens is 6. The molecular weight excluding hydrogens is 522 g/mol. The molecule has 0 atom stereocenters. The second kappa shape index (κ2) is 12.3. The van der Waals surface area contributed by atoms with Crippen molar-refractivity contribution in [1.29, 1.82) is 5.26 Å². The molecule has 0 amide bonds. The molecule has 0 radical (unpaired) electrons. The van der Waals surface area contributed by atoms with Crippen molar-refractivity contribution >= 4 is 17.8 Å². The Kier molecular flexibility index (Phi) is 8.17. The summed E-state index contributed by atoms with van der Waals surface area (Å²) in [6.07, 6.45) is 11.0. The average molecular weight is 552 g/mol. The molecule has 5 aromatic heterocycles. The smallest absolute Gasteiger partial charge is 0.290 e. The Balaban J connectivity index is 0.00000108. The van der Waals surface area contributed by atoms with Gasteiger partial charge in [0.15, 0.2) is 0 Å². The summed E-state index contributed by atoms with van der Waals surface area (Å²) < 4.78 is 8.99. The Bertz CT molecular complexity index is 1680. The molecule has 0 unspecified atom stereocenters. The van der Waals surface area contributed by atoms with E-state index < -0.39 is 0 Å². The summed E-state index contributed by atoms with van der Waals surface area (Å²) in [4.78, 5) is 22.4. The van der Waals surface area contributed by atoms with E-state index in [1.54, 1.807) is 22.5 Å². The molecule has 0 aliphatic carbocycles. The van der Waals surface area contributed by atoms with Crippen LogP contribution in [0.25, 0.3) is 27.8 Å². The van der Waals surface area contributed by atoms with Gasteiger partial charge in [0.1, 0.15) is 17.6 Å². The van der Waals surface area contributed by atoms with Gasteiger partial charge in [-0.2, -0.15) is 15.5 Å². The number of carbonyl (C=O) groups is 1. The van der Waals surface area contributed by atoms with Crippen LogP contribution in [0, 0.1) is 11.3 Å². The van der Waals surface area contributed by atoms with Crippen LogP contribution in [-0.2, 0) is 18.4 Å². The summed E-state index contributed by atoms with van der Waals surface area (Å²) in [5.74, 6) is 1.77. The predicted molar refractivity (Wildman–Crippen MR) is 152 cm³/mol. The molecule has 0 spiro atoms. The van der Waals surface area contributed by atoms with Crippen LogP contribution in [-0.4, -0.2) is 79.1 Å². The molecule has 1 saturated heterocycles. The van der Waals surface area contributed by atoms with Crippen LogP contribution in [0.2, 0.25) is 0 Å². The van der Waals surface area contributed by atoms with Crippen LogP contribution < -0.4 is 9.64 Å². The number of anilines is 1. The van der Waals surface area contributed by atoms with Crippen LogP contribution in [0.4, 0.5) is 5.82 Å². The number of hydrogen-bond donors (Lipinski definition) is 1. The molecule has 1 aliphatic rings. The first kappa shape index (κ1) is 27.3. The van der Waals surface area contributed by atoms with Gasteiger partial charge in [-0.3, -0.25) is 19.4 Å². The van der Waals surface area contributed by atoms with Crippen molar-refractivity contribution in [3.63, 3.8) is 0 Å². The Morgan fingerprint density at radius 1 is 1.02 bits per heavy atom. The number of methoxy groups -OCH3 is 1. The van der Waals surface area contributed by atoms with Crippen LogP contribution in [0.15, 0.2) is 67.5 Å². The number of hydrogen-bond acceptors (Lipinski definition) is 9. The Hall–Kier alpha value is -5.28. The van der Waals surface area contributed by atoms with Crippen LogP contribution in [0.1, 0.15) is 11.3 Å². The summed E-state index contributed by atoms with van der Waals surface area (Å²) in [5, 5.41) is 25.3. The van der Waals surface area contributed by atoms with Crippen molar-refractivity contribution in [2.24, 2.45) is 7.05 Å². The van der Waals surface area contributed by atoms with Gasteiger partial charge < -0.3 is 14.7 Å². The highest BCUT2D eigenvalue weighted by molar-refractivity contribution is 5.87. The minimum absolute atomic E-state index is 0.250. The topological polar surface area (TPSA) is 138 Å². The Morgan fingerprint density at radius 2 is 1.83 bits per heavy atom. The highest BCUT2D eigenvalue weighted by atomic mass is 16.5. The highest BCUT2D eigenvalue weighted by Crippen LogP contribution is 2.32. The molecular formula is C29H29N9O3. The molecule has 5 aromatic rings. The quantitative estimate of drug-likeness (QED) is 0.313. The van der Waals surface area contributed by atoms with E-state index in [4.69, 9.17) is 19.6 Å². The van der Waals surface area contributed by atoms with Gasteiger partial charge in [0, 0.05) is 86.8 Å². The zero-order valence-corrected chi connectivity index (χ0v) is 22.8. The molecule has 6 rings (SSSR count). The van der Waals surface area contributed by atoms with Gasteiger partial charge in [0.05, 0.1) is 36.3 Å². The number of ether oxygens (including phenoxy) is 1. The SMILES string of the molecule is COc1cccnc1CN1CCN(c2ccc(-c3cc(-c4cnn(C)c4)cn4ncc(C#N)c34)cn2)CC1.O=CO. The molecule has 0 saturated carbocycles. The van der Waals surface area contributed by atoms with E-state index in [0.717, 1.165) is 77.8 Å². The van der Waals surface area contributed by atoms with Crippen molar-refractivity contribution in [1.82, 2.24) is 34.3 Å². The normalized spacial score (nSPS) is 13.3. The van der Waals surface area contributed by atoms with Gasteiger partial charge in [0.2, 0.25) is 0 Å². The first-order valence-electron chi connectivity index (χ1n) is 12.9. The van der Waals surface area contributed by atoms with Crippen molar-refractivity contribution in [2.45, 2.75) is 6.54 Å². The summed E-state index contributed by atoms with van der Waals surface area (Å²) in [6, 6.07) is 12.3. The summed E-state index contributed by atoms with van der Waals surface area (Å²) in [5.41, 5.74) is 6.06. The number of nitrogens with zero attached hydrogens (tertiary/aromatic N) is 9. The highest BCUT2D eigenvalue weighted by Gasteiger charge is 2.20. The molecule has 0 aromatic carbocycles. The van der Waals surface area contributed by atoms with E-state index in [0.29, 0.717) is 5.56 Å². The fraction of sp³-hybridized carbons (Fsp3) is 0.241. The fourth-order valence-corrected chi connectivity index (χ4v) is 4.96. The molecule has 0 bridgehead atoms. The average Bonchev–Trinajstić information content (AvgIpc) is 3.64. The first-order valence-corrected chi connectivity index (χ1v) is 12.9. The monoisotopic (exact) mass is 551 g/mol. The third-order valence-corrected chi connectivity index (χ3v) is 6.97. The second-order valence-electron chi connectivity index (χ2n) is 9.43. The Labute approximate surface area is 236 Å². The lowest BCUT2D eigenvalue weighted by Gasteiger charge is -2.35. The molecule has 6 heterocycles. The van der Waals surface area contributed by atoms with E-state index in [1.807, 2.05) is 50.2 Å². The zero-order valence-electron chi connectivity index (χ0n) is 22.8. The number of pyridine rings is 3. The van der Waals surface area contributed by atoms with Crippen molar-refractivity contribution in [2.75, 3.05) is 38.2 Å². The van der Waals surface area contributed by atoms with E-state index in [2.05, 4.69) is 49.2 Å². The zero-order chi connectivity index (χ0) is 28.8. The fourth-order valence-electron chi connectivity index (χ4n) is 4.96. The minimum atomic E-state index is -0.250. The lowest BCUT2D eigenvalue weighted by atomic mass is 10.0. The summed E-state index contributed by atoms with van der Waals surface area (Å²) in [7, 11) is 3.57. The molecule has 1 aliphatic heterocycles. The summed E-state index contributed by atoms with van der Waals surface area (Å²) >= 11 is 0. The van der Waals surface area contributed by atoms with Gasteiger partial charge in [-0.15, -0.1) is 0 Å². The van der Waals surface area contributed by atoms with Crippen molar-refractivity contribution in [3.05, 3.63) is 78.8 Å². The number of nitriles is 1. The minimum Gasteiger partial charge on any atom is -0.495 e. The number of aryl methyl sites for hydroxylation is 1. The third-order valence-electron chi connectivity index (χ3n) is 6.97. The van der Waals surface area contributed by atoms with Crippen molar-refractivity contribution < 1.29 is 14.6 Å². The number of rotatable bonds is 6. The molecule has 12 nitrogen and oxygen atoms in total. The molecule has 1 N–H and O–H groups in total. The molecule has 1 fully saturated rings. The van der Waals surface area contributed by atoms with Gasteiger partial charge in [-0.1, -0.05) is 0 Å². The first-order chi connectivity index (χ1) is 20.0. The van der Waals surface area contributed by atoms with Gasteiger partial charge in [0.25, 0.3) is 6.47 Å². The van der Waals surface area contributed by atoms with E-state index in [-0.39, 0.29) is 6.47 Å². The van der Waals surface area contributed by atoms with Crippen molar-refractivity contribution in [3.8, 4) is 34.1 Å². The molecule has 208 valence electrons. The van der Waals surface area contributed by atoms with Crippen LogP contribution >= 0.6 is 0 Å². The summed E-state index contributed by atoms with van der Waals surface area (Å²) in [6.45, 7) is 4.10. The number of fused-ring (bicyclic) bond motifs is 1. The molecule has 41 heavy (non-hydrogen) atoms. The lowest BCUT2D eigenvalue weighted by molar-refractivity contribution is -0.122. The maximum absolute atomic E-state index is 9.69. The van der Waals surface area contributed by atoms with Crippen LogP contribution in [0.3, 0.4) is 0 Å². The number of piperazine rings is 1. The van der Waals surface area contributed by atoms with E-state index in [1.165, 1.54) is 0 Å². The standard InChI is InChI=1S/C28H27N9O.CH2O2/c1-34-17-23(16-32-34)21-12-24(28-22(13-29)15-33-37(28)18-21)20-5-6-27(31-14-20)36-10-8-35(9-11-36)19-25-26(38-2)4-3-7-30-25;2-1-3/h3-7,12,14-18H,8-11,19H2,1-2H3;1H,(H,2,3). The second-order valence-corrected chi connectivity index (χ2v) is 9.43. The third kappa shape index (κ3) is 5.85. The molecule has 12 heteroatoms. The largest absolute Gasteiger partial charge is 0.495 e. The van der Waals surface area contributed by atoms with Gasteiger partial charge in [-0.25, -0.2) is 9.50 Å². The van der Waals surface area contributed by atoms with Gasteiger partial charge >= 0.3 is 0 Å². The maximum Gasteiger partial charge on any atom is 0.290 e. The number of carboxylic acid groups (broad SMARTS) is 1. The Morgan fingerprint density at radius 3 is 2.49 bits per heavy atom.